The number of carbonyl (C=O) groups is 2. The molecule has 2 aromatic rings. The summed E-state index contributed by atoms with van der Waals surface area (Å²) in [5.41, 5.74) is 5.35. The minimum Gasteiger partial charge on any atom is -0.366 e. The number of hydrogen-bond donors (Lipinski definition) is 2. The lowest BCUT2D eigenvalue weighted by Crippen LogP contribution is -2.16. The van der Waals surface area contributed by atoms with Crippen molar-refractivity contribution in [2.75, 3.05) is 5.32 Å². The number of benzene rings is 2. The summed E-state index contributed by atoms with van der Waals surface area (Å²) in [5.74, 6) is -3.11. The lowest BCUT2D eigenvalue weighted by atomic mass is 10.1. The van der Waals surface area contributed by atoms with Crippen LogP contribution in [0.1, 0.15) is 26.3 Å². The standard InChI is InChI=1S/C15H12F2N2O2/c1-8-2-4-10(13(17)6-8)15(21)19-9-3-5-12(16)11(7-9)14(18)20/h2-7H,1H3,(H2,18,20)(H,19,21). The third kappa shape index (κ3) is 3.22. The van der Waals surface area contributed by atoms with Gasteiger partial charge < -0.3 is 11.1 Å². The Bertz CT molecular complexity index is 730. The largest absolute Gasteiger partial charge is 0.366 e. The Hall–Kier alpha value is -2.76. The van der Waals surface area contributed by atoms with E-state index in [1.165, 1.54) is 18.2 Å². The number of amides is 2. The molecule has 6 heteroatoms. The number of anilines is 1. The lowest BCUT2D eigenvalue weighted by molar-refractivity contribution is 0.0992. The van der Waals surface area contributed by atoms with Crippen molar-refractivity contribution in [3.05, 3.63) is 64.7 Å². The number of aryl methyl sites for hydroxylation is 1. The first kappa shape index (κ1) is 14.6. The van der Waals surface area contributed by atoms with Gasteiger partial charge >= 0.3 is 0 Å². The van der Waals surface area contributed by atoms with Gasteiger partial charge in [0, 0.05) is 5.69 Å². The zero-order chi connectivity index (χ0) is 15.6. The highest BCUT2D eigenvalue weighted by molar-refractivity contribution is 6.05. The highest BCUT2D eigenvalue weighted by Gasteiger charge is 2.14. The molecule has 0 unspecified atom stereocenters. The first-order chi connectivity index (χ1) is 9.88. The van der Waals surface area contributed by atoms with Gasteiger partial charge in [0.2, 0.25) is 0 Å². The van der Waals surface area contributed by atoms with Crippen molar-refractivity contribution in [2.24, 2.45) is 5.73 Å². The van der Waals surface area contributed by atoms with Crippen LogP contribution in [0.2, 0.25) is 0 Å². The van der Waals surface area contributed by atoms with Gasteiger partial charge in [0.25, 0.3) is 11.8 Å². The van der Waals surface area contributed by atoms with E-state index in [1.807, 2.05) is 0 Å². The molecule has 0 saturated heterocycles. The third-order valence-corrected chi connectivity index (χ3v) is 2.86. The first-order valence-corrected chi connectivity index (χ1v) is 6.05. The van der Waals surface area contributed by atoms with Crippen molar-refractivity contribution in [1.82, 2.24) is 0 Å². The molecule has 2 aromatic carbocycles. The molecule has 0 saturated carbocycles. The van der Waals surface area contributed by atoms with Gasteiger partial charge in [-0.15, -0.1) is 0 Å². The van der Waals surface area contributed by atoms with Gasteiger partial charge in [-0.05, 0) is 42.8 Å². The van der Waals surface area contributed by atoms with Gasteiger partial charge in [-0.1, -0.05) is 6.07 Å². The number of nitrogens with two attached hydrogens (primary N) is 1. The number of halogens is 2. The summed E-state index contributed by atoms with van der Waals surface area (Å²) in [6.45, 7) is 1.70. The van der Waals surface area contributed by atoms with Crippen molar-refractivity contribution < 1.29 is 18.4 Å². The Morgan fingerprint density at radius 2 is 1.71 bits per heavy atom. The Balaban J connectivity index is 2.27. The van der Waals surface area contributed by atoms with E-state index in [1.54, 1.807) is 13.0 Å². The summed E-state index contributed by atoms with van der Waals surface area (Å²) in [6.07, 6.45) is 0. The van der Waals surface area contributed by atoms with Crippen molar-refractivity contribution in [2.45, 2.75) is 6.92 Å². The van der Waals surface area contributed by atoms with Crippen LogP contribution in [0, 0.1) is 18.6 Å². The third-order valence-electron chi connectivity index (χ3n) is 2.86. The summed E-state index contributed by atoms with van der Waals surface area (Å²) >= 11 is 0. The molecule has 0 heterocycles. The normalized spacial score (nSPS) is 10.2. The molecule has 0 spiro atoms. The van der Waals surface area contributed by atoms with Crippen molar-refractivity contribution >= 4 is 17.5 Å². The van der Waals surface area contributed by atoms with Crippen LogP contribution in [0.15, 0.2) is 36.4 Å². The monoisotopic (exact) mass is 290 g/mol. The van der Waals surface area contributed by atoms with Gasteiger partial charge in [-0.3, -0.25) is 9.59 Å². The molecule has 0 aliphatic rings. The van der Waals surface area contributed by atoms with Crippen LogP contribution in [-0.4, -0.2) is 11.8 Å². The summed E-state index contributed by atoms with van der Waals surface area (Å²) in [6, 6.07) is 7.53. The zero-order valence-electron chi connectivity index (χ0n) is 11.1. The minimum atomic E-state index is -0.954. The molecule has 0 aliphatic carbocycles. The van der Waals surface area contributed by atoms with Crippen LogP contribution < -0.4 is 11.1 Å². The maximum Gasteiger partial charge on any atom is 0.258 e. The van der Waals surface area contributed by atoms with Gasteiger partial charge in [-0.25, -0.2) is 8.78 Å². The molecule has 0 bridgehead atoms. The average molecular weight is 290 g/mol. The highest BCUT2D eigenvalue weighted by atomic mass is 19.1. The molecule has 4 nitrogen and oxygen atoms in total. The molecule has 0 fully saturated rings. The maximum absolute atomic E-state index is 13.7. The Labute approximate surface area is 119 Å². The average Bonchev–Trinajstić information content (AvgIpc) is 2.40. The van der Waals surface area contributed by atoms with Gasteiger partial charge in [0.15, 0.2) is 0 Å². The fraction of sp³-hybridized carbons (Fsp3) is 0.0667. The molecular weight excluding hydrogens is 278 g/mol. The van der Waals surface area contributed by atoms with Gasteiger partial charge in [-0.2, -0.15) is 0 Å². The molecular formula is C15H12F2N2O2. The highest BCUT2D eigenvalue weighted by Crippen LogP contribution is 2.17. The number of carbonyl (C=O) groups excluding carboxylic acids is 2. The number of nitrogens with one attached hydrogen (secondary N) is 1. The Morgan fingerprint density at radius 3 is 2.33 bits per heavy atom. The predicted molar refractivity (Wildman–Crippen MR) is 74.0 cm³/mol. The fourth-order valence-corrected chi connectivity index (χ4v) is 1.79. The van der Waals surface area contributed by atoms with E-state index < -0.39 is 23.4 Å². The number of rotatable bonds is 3. The van der Waals surface area contributed by atoms with Crippen LogP contribution in [0.3, 0.4) is 0 Å². The fourth-order valence-electron chi connectivity index (χ4n) is 1.79. The Morgan fingerprint density at radius 1 is 1.00 bits per heavy atom. The summed E-state index contributed by atoms with van der Waals surface area (Å²) in [5, 5.41) is 2.39. The number of hydrogen-bond acceptors (Lipinski definition) is 2. The Kier molecular flexibility index (Phi) is 3.98. The van der Waals surface area contributed by atoms with E-state index in [-0.39, 0.29) is 16.8 Å². The predicted octanol–water partition coefficient (Wildman–Crippen LogP) is 2.62. The van der Waals surface area contributed by atoms with E-state index in [4.69, 9.17) is 5.73 Å². The summed E-state index contributed by atoms with van der Waals surface area (Å²) in [7, 11) is 0. The van der Waals surface area contributed by atoms with Crippen LogP contribution >= 0.6 is 0 Å². The minimum absolute atomic E-state index is 0.148. The van der Waals surface area contributed by atoms with E-state index in [9.17, 15) is 18.4 Å². The maximum atomic E-state index is 13.7. The second-order valence-corrected chi connectivity index (χ2v) is 4.50. The molecule has 0 atom stereocenters. The van der Waals surface area contributed by atoms with Crippen LogP contribution in [0.25, 0.3) is 0 Å². The second-order valence-electron chi connectivity index (χ2n) is 4.50. The summed E-state index contributed by atoms with van der Waals surface area (Å²) in [4.78, 5) is 23.0. The van der Waals surface area contributed by atoms with Crippen LogP contribution in [0.5, 0.6) is 0 Å². The molecule has 2 rings (SSSR count). The van der Waals surface area contributed by atoms with Gasteiger partial charge in [0.05, 0.1) is 11.1 Å². The van der Waals surface area contributed by atoms with Crippen molar-refractivity contribution in [3.63, 3.8) is 0 Å². The molecule has 21 heavy (non-hydrogen) atoms. The molecule has 0 radical (unpaired) electrons. The summed E-state index contributed by atoms with van der Waals surface area (Å²) < 4.78 is 27.0. The van der Waals surface area contributed by atoms with Crippen LogP contribution in [-0.2, 0) is 0 Å². The smallest absolute Gasteiger partial charge is 0.258 e. The number of primary amides is 1. The van der Waals surface area contributed by atoms with E-state index in [0.29, 0.717) is 5.56 Å². The first-order valence-electron chi connectivity index (χ1n) is 6.05. The lowest BCUT2D eigenvalue weighted by Gasteiger charge is -2.08. The molecule has 0 aliphatic heterocycles. The van der Waals surface area contributed by atoms with Gasteiger partial charge in [0.1, 0.15) is 11.6 Å². The van der Waals surface area contributed by atoms with Crippen LogP contribution in [0.4, 0.5) is 14.5 Å². The molecule has 0 aromatic heterocycles. The van der Waals surface area contributed by atoms with E-state index in [0.717, 1.165) is 12.1 Å². The van der Waals surface area contributed by atoms with Crippen molar-refractivity contribution in [3.8, 4) is 0 Å². The zero-order valence-corrected chi connectivity index (χ0v) is 11.1. The molecule has 108 valence electrons. The SMILES string of the molecule is Cc1ccc(C(=O)Nc2ccc(F)c(C(N)=O)c2)c(F)c1. The topological polar surface area (TPSA) is 72.2 Å². The second kappa shape index (κ2) is 5.70. The quantitative estimate of drug-likeness (QED) is 0.912. The molecule has 2 amide bonds. The van der Waals surface area contributed by atoms with E-state index >= 15 is 0 Å². The van der Waals surface area contributed by atoms with Crippen molar-refractivity contribution in [1.29, 1.82) is 0 Å². The molecule has 3 N–H and O–H groups in total. The van der Waals surface area contributed by atoms with E-state index in [2.05, 4.69) is 5.32 Å².